The molecule has 1 atom stereocenters. The van der Waals surface area contributed by atoms with Gasteiger partial charge in [-0.1, -0.05) is 46.0 Å². The summed E-state index contributed by atoms with van der Waals surface area (Å²) >= 11 is 0. The van der Waals surface area contributed by atoms with Gasteiger partial charge in [-0.25, -0.2) is 4.98 Å². The van der Waals surface area contributed by atoms with Crippen LogP contribution in [0.15, 0.2) is 12.4 Å². The van der Waals surface area contributed by atoms with Crippen LogP contribution in [0.25, 0.3) is 0 Å². The quantitative estimate of drug-likeness (QED) is 0.861. The molecule has 0 aromatic carbocycles. The Hall–Kier alpha value is -0.990. The minimum absolute atomic E-state index is 0.390. The number of nitrogens with one attached hydrogen (secondary N) is 1. The molecule has 1 aromatic rings. The lowest BCUT2D eigenvalue weighted by atomic mass is 9.73. The number of hydrogen-bond acceptors (Lipinski definition) is 2. The summed E-state index contributed by atoms with van der Waals surface area (Å²) in [5.41, 5.74) is 0.390. The molecule has 0 spiro atoms. The second-order valence-electron chi connectivity index (χ2n) is 7.38. The van der Waals surface area contributed by atoms with Crippen molar-refractivity contribution in [2.75, 3.05) is 5.32 Å². The van der Waals surface area contributed by atoms with Crippen LogP contribution >= 0.6 is 0 Å². The van der Waals surface area contributed by atoms with Gasteiger partial charge in [0.05, 0.1) is 0 Å². The van der Waals surface area contributed by atoms with Crippen molar-refractivity contribution < 1.29 is 0 Å². The van der Waals surface area contributed by atoms with Gasteiger partial charge >= 0.3 is 0 Å². The Morgan fingerprint density at radius 3 is 2.60 bits per heavy atom. The monoisotopic (exact) mass is 275 g/mol. The molecule has 0 amide bonds. The standard InChI is InChI=1S/C17H29N3/c1-17(2)11-7-6-10-15(17)19-16-18-12-13-20(16)14-8-4-3-5-9-14/h12-15H,3-11H2,1-2H3,(H,18,19). The number of aromatic nitrogens is 2. The molecule has 0 bridgehead atoms. The molecule has 1 aromatic heterocycles. The third-order valence-electron chi connectivity index (χ3n) is 5.45. The van der Waals surface area contributed by atoms with Crippen LogP contribution in [0.1, 0.15) is 77.7 Å². The Labute approximate surface area is 123 Å². The highest BCUT2D eigenvalue weighted by atomic mass is 15.2. The Morgan fingerprint density at radius 1 is 1.10 bits per heavy atom. The van der Waals surface area contributed by atoms with E-state index in [1.54, 1.807) is 0 Å². The average Bonchev–Trinajstić information content (AvgIpc) is 2.90. The van der Waals surface area contributed by atoms with Gasteiger partial charge in [0.15, 0.2) is 0 Å². The maximum Gasteiger partial charge on any atom is 0.203 e. The molecule has 2 aliphatic rings. The van der Waals surface area contributed by atoms with Gasteiger partial charge in [0, 0.05) is 24.5 Å². The van der Waals surface area contributed by atoms with Crippen LogP contribution in [0.4, 0.5) is 5.95 Å². The fourth-order valence-corrected chi connectivity index (χ4v) is 4.00. The molecule has 1 heterocycles. The summed E-state index contributed by atoms with van der Waals surface area (Å²) in [6.07, 6.45) is 16.3. The summed E-state index contributed by atoms with van der Waals surface area (Å²) in [6, 6.07) is 1.24. The summed E-state index contributed by atoms with van der Waals surface area (Å²) < 4.78 is 2.41. The molecule has 3 nitrogen and oxygen atoms in total. The van der Waals surface area contributed by atoms with Crippen molar-refractivity contribution in [3.05, 3.63) is 12.4 Å². The summed E-state index contributed by atoms with van der Waals surface area (Å²) in [4.78, 5) is 4.60. The Morgan fingerprint density at radius 2 is 1.85 bits per heavy atom. The molecule has 0 aliphatic heterocycles. The highest BCUT2D eigenvalue weighted by Gasteiger charge is 2.33. The normalized spacial score (nSPS) is 27.4. The molecule has 1 N–H and O–H groups in total. The third kappa shape index (κ3) is 2.87. The van der Waals surface area contributed by atoms with E-state index in [-0.39, 0.29) is 0 Å². The van der Waals surface area contributed by atoms with Crippen LogP contribution in [-0.4, -0.2) is 15.6 Å². The van der Waals surface area contributed by atoms with E-state index in [4.69, 9.17) is 0 Å². The van der Waals surface area contributed by atoms with Crippen LogP contribution in [0.2, 0.25) is 0 Å². The lowest BCUT2D eigenvalue weighted by Gasteiger charge is -2.39. The fraction of sp³-hybridized carbons (Fsp3) is 0.824. The zero-order valence-corrected chi connectivity index (χ0v) is 13.1. The Balaban J connectivity index is 1.72. The van der Waals surface area contributed by atoms with Crippen molar-refractivity contribution in [2.45, 2.75) is 83.7 Å². The average molecular weight is 275 g/mol. The van der Waals surface area contributed by atoms with Gasteiger partial charge in [0.2, 0.25) is 5.95 Å². The SMILES string of the molecule is CC1(C)CCCCC1Nc1nccn1C1CCCCC1. The Bertz CT molecular complexity index is 429. The van der Waals surface area contributed by atoms with Crippen molar-refractivity contribution in [3.8, 4) is 0 Å². The van der Waals surface area contributed by atoms with E-state index in [1.165, 1.54) is 57.8 Å². The first kappa shape index (κ1) is 14.0. The van der Waals surface area contributed by atoms with Crippen LogP contribution in [0.3, 0.4) is 0 Å². The predicted molar refractivity (Wildman–Crippen MR) is 84.0 cm³/mol. The molecule has 2 aliphatic carbocycles. The highest BCUT2D eigenvalue weighted by molar-refractivity contribution is 5.30. The molecular formula is C17H29N3. The number of imidazole rings is 1. The lowest BCUT2D eigenvalue weighted by Crippen LogP contribution is -2.39. The van der Waals surface area contributed by atoms with Gasteiger partial charge in [0.1, 0.15) is 0 Å². The zero-order chi connectivity index (χ0) is 14.0. The van der Waals surface area contributed by atoms with Crippen molar-refractivity contribution in [3.63, 3.8) is 0 Å². The highest BCUT2D eigenvalue weighted by Crippen LogP contribution is 2.38. The third-order valence-corrected chi connectivity index (χ3v) is 5.45. The summed E-state index contributed by atoms with van der Waals surface area (Å²) in [7, 11) is 0. The number of anilines is 1. The lowest BCUT2D eigenvalue weighted by molar-refractivity contribution is 0.215. The first-order valence-corrected chi connectivity index (χ1v) is 8.46. The van der Waals surface area contributed by atoms with E-state index in [0.717, 1.165) is 5.95 Å². The van der Waals surface area contributed by atoms with Crippen molar-refractivity contribution in [2.24, 2.45) is 5.41 Å². The topological polar surface area (TPSA) is 29.9 Å². The number of nitrogens with zero attached hydrogens (tertiary/aromatic N) is 2. The van der Waals surface area contributed by atoms with Crippen LogP contribution in [-0.2, 0) is 0 Å². The minimum Gasteiger partial charge on any atom is -0.352 e. The van der Waals surface area contributed by atoms with E-state index in [0.29, 0.717) is 17.5 Å². The van der Waals surface area contributed by atoms with Gasteiger partial charge in [-0.15, -0.1) is 0 Å². The molecule has 2 fully saturated rings. The molecule has 112 valence electrons. The van der Waals surface area contributed by atoms with Gasteiger partial charge in [-0.05, 0) is 31.1 Å². The summed E-state index contributed by atoms with van der Waals surface area (Å²) in [5.74, 6) is 1.11. The maximum atomic E-state index is 4.60. The molecule has 3 rings (SSSR count). The molecular weight excluding hydrogens is 246 g/mol. The number of hydrogen-bond donors (Lipinski definition) is 1. The maximum absolute atomic E-state index is 4.60. The molecule has 0 saturated heterocycles. The second-order valence-corrected chi connectivity index (χ2v) is 7.38. The second kappa shape index (κ2) is 5.79. The summed E-state index contributed by atoms with van der Waals surface area (Å²) in [6.45, 7) is 4.80. The van der Waals surface area contributed by atoms with Gasteiger partial charge in [-0.2, -0.15) is 0 Å². The number of rotatable bonds is 3. The van der Waals surface area contributed by atoms with Gasteiger partial charge in [-0.3, -0.25) is 0 Å². The Kier molecular flexibility index (Phi) is 4.04. The first-order valence-electron chi connectivity index (χ1n) is 8.46. The van der Waals surface area contributed by atoms with Crippen molar-refractivity contribution in [1.29, 1.82) is 0 Å². The van der Waals surface area contributed by atoms with Gasteiger partial charge < -0.3 is 9.88 Å². The van der Waals surface area contributed by atoms with E-state index in [9.17, 15) is 0 Å². The largest absolute Gasteiger partial charge is 0.352 e. The van der Waals surface area contributed by atoms with Crippen molar-refractivity contribution in [1.82, 2.24) is 9.55 Å². The first-order chi connectivity index (χ1) is 9.67. The zero-order valence-electron chi connectivity index (χ0n) is 13.1. The summed E-state index contributed by atoms with van der Waals surface area (Å²) in [5, 5.41) is 3.77. The molecule has 3 heteroatoms. The van der Waals surface area contributed by atoms with Gasteiger partial charge in [0.25, 0.3) is 0 Å². The minimum atomic E-state index is 0.390. The molecule has 0 radical (unpaired) electrons. The fourth-order valence-electron chi connectivity index (χ4n) is 4.00. The molecule has 20 heavy (non-hydrogen) atoms. The van der Waals surface area contributed by atoms with E-state index >= 15 is 0 Å². The molecule has 1 unspecified atom stereocenters. The van der Waals surface area contributed by atoms with E-state index < -0.39 is 0 Å². The van der Waals surface area contributed by atoms with E-state index in [2.05, 4.69) is 34.9 Å². The smallest absolute Gasteiger partial charge is 0.203 e. The van der Waals surface area contributed by atoms with E-state index in [1.807, 2.05) is 6.20 Å². The molecule has 2 saturated carbocycles. The van der Waals surface area contributed by atoms with Crippen LogP contribution in [0, 0.1) is 5.41 Å². The predicted octanol–water partition coefficient (Wildman–Crippen LogP) is 4.77. The van der Waals surface area contributed by atoms with Crippen LogP contribution < -0.4 is 5.32 Å². The van der Waals surface area contributed by atoms with Crippen LogP contribution in [0.5, 0.6) is 0 Å². The van der Waals surface area contributed by atoms with Crippen molar-refractivity contribution >= 4 is 5.95 Å².